The van der Waals surface area contributed by atoms with Gasteiger partial charge in [-0.25, -0.2) is 0 Å². The summed E-state index contributed by atoms with van der Waals surface area (Å²) in [5.74, 6) is 0. The highest BCUT2D eigenvalue weighted by molar-refractivity contribution is 7.09. The van der Waals surface area contributed by atoms with E-state index in [0.717, 1.165) is 13.2 Å². The molecule has 2 aromatic rings. The third kappa shape index (κ3) is 1.15. The van der Waals surface area contributed by atoms with Crippen LogP contribution in [0.3, 0.4) is 0 Å². The fraction of sp³-hybridized carbons (Fsp3) is 0.200. The Kier molecular flexibility index (Phi) is 1.75. The third-order valence-electron chi connectivity index (χ3n) is 2.29. The molecule has 0 bridgehead atoms. The summed E-state index contributed by atoms with van der Waals surface area (Å²) in [6.07, 6.45) is 0. The first kappa shape index (κ1) is 7.74. The maximum atomic E-state index is 5.58. The molecule has 1 aliphatic rings. The number of fused-ring (bicyclic) bond motifs is 3. The molecule has 1 nitrogen and oxygen atoms in total. The van der Waals surface area contributed by atoms with Gasteiger partial charge in [-0.2, -0.15) is 22.7 Å². The molecule has 3 heteroatoms. The van der Waals surface area contributed by atoms with Gasteiger partial charge < -0.3 is 4.74 Å². The van der Waals surface area contributed by atoms with Crippen molar-refractivity contribution in [1.29, 1.82) is 0 Å². The molecule has 0 amide bonds. The van der Waals surface area contributed by atoms with Crippen molar-refractivity contribution in [2.24, 2.45) is 0 Å². The highest BCUT2D eigenvalue weighted by atomic mass is 32.1. The van der Waals surface area contributed by atoms with Crippen LogP contribution >= 0.6 is 22.7 Å². The molecule has 0 atom stereocenters. The maximum absolute atomic E-state index is 5.58. The van der Waals surface area contributed by atoms with Gasteiger partial charge in [0.2, 0.25) is 0 Å². The van der Waals surface area contributed by atoms with Gasteiger partial charge in [-0.05, 0) is 43.8 Å². The highest BCUT2D eigenvalue weighted by Crippen LogP contribution is 2.35. The van der Waals surface area contributed by atoms with Crippen molar-refractivity contribution in [2.75, 3.05) is 0 Å². The molecule has 0 saturated carbocycles. The molecule has 0 unspecified atom stereocenters. The second kappa shape index (κ2) is 2.94. The van der Waals surface area contributed by atoms with Crippen molar-refractivity contribution in [3.05, 3.63) is 32.6 Å². The molecular weight excluding hydrogens is 200 g/mol. The fourth-order valence-corrected chi connectivity index (χ4v) is 3.30. The molecule has 1 aliphatic heterocycles. The molecule has 0 radical (unpaired) electrons. The van der Waals surface area contributed by atoms with Crippen LogP contribution in [0, 0.1) is 0 Å². The average Bonchev–Trinajstić information content (AvgIpc) is 2.72. The van der Waals surface area contributed by atoms with Crippen LogP contribution in [0.15, 0.2) is 21.5 Å². The smallest absolute Gasteiger partial charge is 0.0735 e. The van der Waals surface area contributed by atoms with Gasteiger partial charge in [-0.15, -0.1) is 0 Å². The lowest BCUT2D eigenvalue weighted by Gasteiger charge is -1.95. The largest absolute Gasteiger partial charge is 0.372 e. The van der Waals surface area contributed by atoms with Crippen molar-refractivity contribution in [3.8, 4) is 11.1 Å². The lowest BCUT2D eigenvalue weighted by molar-refractivity contribution is 0.110. The summed E-state index contributed by atoms with van der Waals surface area (Å²) in [6.45, 7) is 1.52. The van der Waals surface area contributed by atoms with Crippen molar-refractivity contribution in [3.63, 3.8) is 0 Å². The van der Waals surface area contributed by atoms with Crippen LogP contribution in [0.1, 0.15) is 11.1 Å². The summed E-state index contributed by atoms with van der Waals surface area (Å²) in [6, 6.07) is 0. The van der Waals surface area contributed by atoms with Gasteiger partial charge in [-0.3, -0.25) is 0 Å². The van der Waals surface area contributed by atoms with Crippen LogP contribution in [0.2, 0.25) is 0 Å². The highest BCUT2D eigenvalue weighted by Gasteiger charge is 2.15. The normalized spacial score (nSPS) is 14.8. The van der Waals surface area contributed by atoms with Gasteiger partial charge in [0, 0.05) is 0 Å². The number of hydrogen-bond acceptors (Lipinski definition) is 3. The Labute approximate surface area is 84.6 Å². The number of hydrogen-bond donors (Lipinski definition) is 0. The first-order valence-electron chi connectivity index (χ1n) is 4.13. The summed E-state index contributed by atoms with van der Waals surface area (Å²) in [4.78, 5) is 0. The lowest BCUT2D eigenvalue weighted by atomic mass is 10.1. The predicted molar refractivity (Wildman–Crippen MR) is 56.1 cm³/mol. The van der Waals surface area contributed by atoms with Crippen molar-refractivity contribution in [2.45, 2.75) is 13.2 Å². The van der Waals surface area contributed by atoms with E-state index in [-0.39, 0.29) is 0 Å². The molecule has 0 spiro atoms. The fourth-order valence-electron chi connectivity index (χ4n) is 1.61. The Morgan fingerprint density at radius 3 is 1.92 bits per heavy atom. The van der Waals surface area contributed by atoms with E-state index >= 15 is 0 Å². The van der Waals surface area contributed by atoms with Crippen LogP contribution in [-0.4, -0.2) is 0 Å². The second-order valence-electron chi connectivity index (χ2n) is 3.11. The number of thiophene rings is 2. The average molecular weight is 208 g/mol. The zero-order valence-electron chi connectivity index (χ0n) is 6.95. The van der Waals surface area contributed by atoms with E-state index in [1.54, 1.807) is 22.7 Å². The topological polar surface area (TPSA) is 9.23 Å². The van der Waals surface area contributed by atoms with Crippen LogP contribution in [0.5, 0.6) is 0 Å². The molecule has 0 fully saturated rings. The molecule has 0 saturated heterocycles. The van der Waals surface area contributed by atoms with E-state index in [2.05, 4.69) is 21.5 Å². The Bertz CT molecular complexity index is 387. The first-order chi connectivity index (χ1) is 6.45. The maximum Gasteiger partial charge on any atom is 0.0735 e. The van der Waals surface area contributed by atoms with Gasteiger partial charge in [0.25, 0.3) is 0 Å². The van der Waals surface area contributed by atoms with Crippen molar-refractivity contribution in [1.82, 2.24) is 0 Å². The Morgan fingerprint density at radius 1 is 0.846 bits per heavy atom. The molecular formula is C10H8OS2. The van der Waals surface area contributed by atoms with Gasteiger partial charge in [0.1, 0.15) is 0 Å². The molecule has 0 aliphatic carbocycles. The zero-order valence-corrected chi connectivity index (χ0v) is 8.58. The summed E-state index contributed by atoms with van der Waals surface area (Å²) < 4.78 is 5.58. The first-order valence-corrected chi connectivity index (χ1v) is 6.02. The van der Waals surface area contributed by atoms with Gasteiger partial charge >= 0.3 is 0 Å². The van der Waals surface area contributed by atoms with E-state index in [9.17, 15) is 0 Å². The van der Waals surface area contributed by atoms with Gasteiger partial charge in [-0.1, -0.05) is 0 Å². The second-order valence-corrected chi connectivity index (χ2v) is 4.60. The summed E-state index contributed by atoms with van der Waals surface area (Å²) >= 11 is 3.51. The molecule has 3 rings (SSSR count). The minimum Gasteiger partial charge on any atom is -0.372 e. The van der Waals surface area contributed by atoms with E-state index in [4.69, 9.17) is 4.74 Å². The summed E-state index contributed by atoms with van der Waals surface area (Å²) in [5.41, 5.74) is 5.42. The van der Waals surface area contributed by atoms with Crippen molar-refractivity contribution < 1.29 is 4.74 Å². The predicted octanol–water partition coefficient (Wildman–Crippen LogP) is 3.51. The molecule has 0 aromatic carbocycles. The standard InChI is InChI=1S/C10H8OS2/c1-7-3-12-5-9(7)10-6-13-4-8(10)2-11-1/h3-6H,1-2H2. The van der Waals surface area contributed by atoms with E-state index in [1.165, 1.54) is 22.3 Å². The number of rotatable bonds is 0. The van der Waals surface area contributed by atoms with Crippen LogP contribution in [0.25, 0.3) is 11.1 Å². The number of ether oxygens (including phenoxy) is 1. The molecule has 3 heterocycles. The van der Waals surface area contributed by atoms with Crippen LogP contribution < -0.4 is 0 Å². The van der Waals surface area contributed by atoms with E-state index in [1.807, 2.05) is 0 Å². The zero-order chi connectivity index (χ0) is 8.67. The van der Waals surface area contributed by atoms with Crippen LogP contribution in [-0.2, 0) is 18.0 Å². The van der Waals surface area contributed by atoms with Gasteiger partial charge in [0.05, 0.1) is 13.2 Å². The molecule has 13 heavy (non-hydrogen) atoms. The third-order valence-corrected chi connectivity index (χ3v) is 3.87. The Morgan fingerprint density at radius 2 is 1.38 bits per heavy atom. The van der Waals surface area contributed by atoms with Gasteiger partial charge in [0.15, 0.2) is 0 Å². The summed E-state index contributed by atoms with van der Waals surface area (Å²) in [7, 11) is 0. The Balaban J connectivity index is 2.27. The minimum absolute atomic E-state index is 0.762. The monoisotopic (exact) mass is 208 g/mol. The SMILES string of the molecule is c1scc2c1COCc1cscc1-2. The van der Waals surface area contributed by atoms with Crippen molar-refractivity contribution >= 4 is 22.7 Å². The molecule has 0 N–H and O–H groups in total. The Hall–Kier alpha value is -0.640. The van der Waals surface area contributed by atoms with E-state index < -0.39 is 0 Å². The molecule has 2 aromatic heterocycles. The minimum atomic E-state index is 0.762. The molecule has 66 valence electrons. The van der Waals surface area contributed by atoms with E-state index in [0.29, 0.717) is 0 Å². The van der Waals surface area contributed by atoms with Crippen LogP contribution in [0.4, 0.5) is 0 Å². The summed E-state index contributed by atoms with van der Waals surface area (Å²) in [5, 5.41) is 8.80. The lowest BCUT2D eigenvalue weighted by Crippen LogP contribution is -1.87. The quantitative estimate of drug-likeness (QED) is 0.643.